The van der Waals surface area contributed by atoms with Crippen LogP contribution in [-0.4, -0.2) is 16.2 Å². The number of aromatic nitrogens is 2. The Balaban J connectivity index is 1.58. The maximum atomic E-state index is 11.9. The highest BCUT2D eigenvalue weighted by Gasteiger charge is 2.04. The minimum Gasteiger partial charge on any atom is -0.339 e. The van der Waals surface area contributed by atoms with Crippen molar-refractivity contribution < 1.29 is 4.79 Å². The van der Waals surface area contributed by atoms with Crippen molar-refractivity contribution in [3.8, 4) is 0 Å². The number of para-hydroxylation sites is 2. The Kier molecular flexibility index (Phi) is 4.44. The van der Waals surface area contributed by atoms with E-state index in [1.54, 1.807) is 24.3 Å². The fourth-order valence-electron chi connectivity index (χ4n) is 1.94. The number of hydrogen-bond acceptors (Lipinski definition) is 4. The predicted molar refractivity (Wildman–Crippen MR) is 90.8 cm³/mol. The van der Waals surface area contributed by atoms with E-state index in [2.05, 4.69) is 26.1 Å². The summed E-state index contributed by atoms with van der Waals surface area (Å²) in [4.78, 5) is 11.9. The zero-order chi connectivity index (χ0) is 15.9. The van der Waals surface area contributed by atoms with Gasteiger partial charge in [-0.25, -0.2) is 4.79 Å². The van der Waals surface area contributed by atoms with Gasteiger partial charge in [0.05, 0.1) is 0 Å². The topological polar surface area (TPSA) is 78.9 Å². The average Bonchev–Trinajstić information content (AvgIpc) is 2.58. The number of benzene rings is 2. The van der Waals surface area contributed by atoms with Crippen LogP contribution in [-0.2, 0) is 0 Å². The van der Waals surface area contributed by atoms with E-state index in [1.165, 1.54) is 0 Å². The number of amides is 2. The van der Waals surface area contributed by atoms with Crippen molar-refractivity contribution in [1.29, 1.82) is 0 Å². The standard InChI is InChI=1S/C17H15N5O/c23-17(19-14-9-5-2-6-10-14)20-16-12-11-15(21-22-16)18-13-7-3-1-4-8-13/h1-12H,(H,18,21)(H2,19,20,22,23). The Hall–Kier alpha value is -3.41. The highest BCUT2D eigenvalue weighted by atomic mass is 16.2. The quantitative estimate of drug-likeness (QED) is 0.684. The number of nitrogens with one attached hydrogen (secondary N) is 3. The molecule has 2 amide bonds. The van der Waals surface area contributed by atoms with Crippen LogP contribution < -0.4 is 16.0 Å². The molecule has 0 aliphatic rings. The highest BCUT2D eigenvalue weighted by molar-refractivity contribution is 5.99. The summed E-state index contributed by atoms with van der Waals surface area (Å²) in [5, 5.41) is 16.5. The summed E-state index contributed by atoms with van der Waals surface area (Å²) in [5.41, 5.74) is 1.63. The largest absolute Gasteiger partial charge is 0.339 e. The summed E-state index contributed by atoms with van der Waals surface area (Å²) >= 11 is 0. The first-order valence-corrected chi connectivity index (χ1v) is 7.08. The van der Waals surface area contributed by atoms with Gasteiger partial charge in [-0.15, -0.1) is 10.2 Å². The lowest BCUT2D eigenvalue weighted by Gasteiger charge is -2.07. The summed E-state index contributed by atoms with van der Waals surface area (Å²) in [6.45, 7) is 0. The minimum absolute atomic E-state index is 0.366. The molecule has 3 aromatic rings. The van der Waals surface area contributed by atoms with E-state index in [0.717, 1.165) is 5.69 Å². The molecule has 114 valence electrons. The van der Waals surface area contributed by atoms with Crippen LogP contribution in [0.25, 0.3) is 0 Å². The van der Waals surface area contributed by atoms with Crippen LogP contribution >= 0.6 is 0 Å². The van der Waals surface area contributed by atoms with Gasteiger partial charge in [0, 0.05) is 11.4 Å². The highest BCUT2D eigenvalue weighted by Crippen LogP contribution is 2.14. The van der Waals surface area contributed by atoms with Crippen molar-refractivity contribution in [2.24, 2.45) is 0 Å². The Morgan fingerprint density at radius 1 is 0.652 bits per heavy atom. The van der Waals surface area contributed by atoms with Crippen LogP contribution in [0.4, 0.5) is 27.8 Å². The Bertz CT molecular complexity index is 760. The van der Waals surface area contributed by atoms with Crippen molar-refractivity contribution >= 4 is 29.0 Å². The first-order chi connectivity index (χ1) is 11.3. The number of nitrogens with zero attached hydrogens (tertiary/aromatic N) is 2. The molecule has 3 rings (SSSR count). The first kappa shape index (κ1) is 14.5. The van der Waals surface area contributed by atoms with Crippen molar-refractivity contribution in [2.45, 2.75) is 0 Å². The molecule has 0 aliphatic heterocycles. The van der Waals surface area contributed by atoms with Gasteiger partial charge in [-0.1, -0.05) is 36.4 Å². The second kappa shape index (κ2) is 7.04. The number of carbonyl (C=O) groups is 1. The molecule has 3 N–H and O–H groups in total. The molecular weight excluding hydrogens is 290 g/mol. The van der Waals surface area contributed by atoms with Gasteiger partial charge in [-0.2, -0.15) is 0 Å². The van der Waals surface area contributed by atoms with E-state index in [4.69, 9.17) is 0 Å². The Labute approximate surface area is 133 Å². The third-order valence-electron chi connectivity index (χ3n) is 2.98. The van der Waals surface area contributed by atoms with Crippen LogP contribution in [0, 0.1) is 0 Å². The maximum absolute atomic E-state index is 11.9. The molecule has 0 saturated heterocycles. The minimum atomic E-state index is -0.366. The normalized spacial score (nSPS) is 9.91. The number of anilines is 4. The zero-order valence-corrected chi connectivity index (χ0v) is 12.2. The summed E-state index contributed by atoms with van der Waals surface area (Å²) in [6, 6.07) is 21.9. The van der Waals surface area contributed by atoms with E-state index in [0.29, 0.717) is 17.3 Å². The van der Waals surface area contributed by atoms with E-state index in [-0.39, 0.29) is 6.03 Å². The average molecular weight is 305 g/mol. The summed E-state index contributed by atoms with van der Waals surface area (Å²) in [7, 11) is 0. The van der Waals surface area contributed by atoms with Crippen LogP contribution in [0.1, 0.15) is 0 Å². The van der Waals surface area contributed by atoms with Gasteiger partial charge >= 0.3 is 6.03 Å². The lowest BCUT2D eigenvalue weighted by molar-refractivity contribution is 0.262. The summed E-state index contributed by atoms with van der Waals surface area (Å²) in [5.74, 6) is 0.974. The van der Waals surface area contributed by atoms with Gasteiger partial charge in [0.15, 0.2) is 11.6 Å². The maximum Gasteiger partial charge on any atom is 0.324 e. The summed E-state index contributed by atoms with van der Waals surface area (Å²) in [6.07, 6.45) is 0. The van der Waals surface area contributed by atoms with E-state index >= 15 is 0 Å². The third-order valence-corrected chi connectivity index (χ3v) is 2.98. The lowest BCUT2D eigenvalue weighted by atomic mass is 10.3. The molecule has 0 saturated carbocycles. The van der Waals surface area contributed by atoms with Crippen LogP contribution in [0.15, 0.2) is 72.8 Å². The Morgan fingerprint density at radius 2 is 1.22 bits per heavy atom. The van der Waals surface area contributed by atoms with Crippen LogP contribution in [0.5, 0.6) is 0 Å². The monoisotopic (exact) mass is 305 g/mol. The second-order valence-electron chi connectivity index (χ2n) is 4.74. The SMILES string of the molecule is O=C(Nc1ccccc1)Nc1ccc(Nc2ccccc2)nn1. The van der Waals surface area contributed by atoms with Gasteiger partial charge in [0.25, 0.3) is 0 Å². The molecule has 0 atom stereocenters. The molecular formula is C17H15N5O. The number of rotatable bonds is 4. The van der Waals surface area contributed by atoms with E-state index < -0.39 is 0 Å². The van der Waals surface area contributed by atoms with Gasteiger partial charge in [0.2, 0.25) is 0 Å². The zero-order valence-electron chi connectivity index (χ0n) is 12.2. The molecule has 23 heavy (non-hydrogen) atoms. The molecule has 1 heterocycles. The molecule has 0 spiro atoms. The van der Waals surface area contributed by atoms with Crippen LogP contribution in [0.2, 0.25) is 0 Å². The van der Waals surface area contributed by atoms with Crippen molar-refractivity contribution in [3.05, 3.63) is 72.8 Å². The number of hydrogen-bond donors (Lipinski definition) is 3. The molecule has 1 aromatic heterocycles. The van der Waals surface area contributed by atoms with E-state index in [9.17, 15) is 4.79 Å². The Morgan fingerprint density at radius 3 is 1.83 bits per heavy atom. The second-order valence-corrected chi connectivity index (χ2v) is 4.74. The molecule has 0 radical (unpaired) electrons. The number of urea groups is 1. The summed E-state index contributed by atoms with van der Waals surface area (Å²) < 4.78 is 0. The molecule has 6 heteroatoms. The fraction of sp³-hybridized carbons (Fsp3) is 0. The first-order valence-electron chi connectivity index (χ1n) is 7.08. The third kappa shape index (κ3) is 4.28. The van der Waals surface area contributed by atoms with Gasteiger partial charge in [-0.3, -0.25) is 5.32 Å². The van der Waals surface area contributed by atoms with Gasteiger partial charge in [0.1, 0.15) is 0 Å². The molecule has 0 aliphatic carbocycles. The smallest absolute Gasteiger partial charge is 0.324 e. The fourth-order valence-corrected chi connectivity index (χ4v) is 1.94. The van der Waals surface area contributed by atoms with Gasteiger partial charge in [-0.05, 0) is 36.4 Å². The van der Waals surface area contributed by atoms with Crippen molar-refractivity contribution in [3.63, 3.8) is 0 Å². The van der Waals surface area contributed by atoms with E-state index in [1.807, 2.05) is 48.5 Å². The van der Waals surface area contributed by atoms with Crippen molar-refractivity contribution in [2.75, 3.05) is 16.0 Å². The predicted octanol–water partition coefficient (Wildman–Crippen LogP) is 3.86. The molecule has 0 unspecified atom stereocenters. The molecule has 2 aromatic carbocycles. The van der Waals surface area contributed by atoms with Crippen LogP contribution in [0.3, 0.4) is 0 Å². The number of carbonyl (C=O) groups excluding carboxylic acids is 1. The molecule has 6 nitrogen and oxygen atoms in total. The van der Waals surface area contributed by atoms with Crippen molar-refractivity contribution in [1.82, 2.24) is 10.2 Å². The van der Waals surface area contributed by atoms with Gasteiger partial charge < -0.3 is 10.6 Å². The molecule has 0 fully saturated rings. The lowest BCUT2D eigenvalue weighted by Crippen LogP contribution is -2.20. The molecule has 0 bridgehead atoms.